The van der Waals surface area contributed by atoms with Gasteiger partial charge in [0.15, 0.2) is 0 Å². The predicted octanol–water partition coefficient (Wildman–Crippen LogP) is -0.668. The van der Waals surface area contributed by atoms with E-state index in [2.05, 4.69) is 9.60 Å². The molecule has 2 aliphatic heterocycles. The number of primary amides is 1. The van der Waals surface area contributed by atoms with Crippen molar-refractivity contribution < 1.29 is 31.6 Å². The second kappa shape index (κ2) is 7.13. The fraction of sp³-hybridized carbons (Fsp3) is 0.400. The molecule has 1 aromatic rings. The van der Waals surface area contributed by atoms with Crippen LogP contribution in [-0.4, -0.2) is 59.4 Å². The van der Waals surface area contributed by atoms with Crippen LogP contribution in [0.3, 0.4) is 0 Å². The first kappa shape index (κ1) is 19.1. The zero-order valence-electron chi connectivity index (χ0n) is 14.0. The molecule has 11 nitrogen and oxygen atoms in total. The SMILES string of the molecule is NC(=O)C(NC(=O)[C@H]1CC[C@@H]2CN1C(=O)N2OS(=O)(=O)O)c1ccccc1. The summed E-state index contributed by atoms with van der Waals surface area (Å²) in [6.45, 7) is 0.0546. The molecule has 4 N–H and O–H groups in total. The lowest BCUT2D eigenvalue weighted by molar-refractivity contribution is -0.130. The van der Waals surface area contributed by atoms with Gasteiger partial charge in [-0.3, -0.25) is 14.1 Å². The highest BCUT2D eigenvalue weighted by Gasteiger charge is 2.49. The molecule has 2 bridgehead atoms. The number of hydrogen-bond donors (Lipinski definition) is 3. The number of amides is 4. The van der Waals surface area contributed by atoms with Gasteiger partial charge in [-0.25, -0.2) is 4.79 Å². The molecule has 146 valence electrons. The summed E-state index contributed by atoms with van der Waals surface area (Å²) in [5.74, 6) is -1.35. The first-order valence-corrected chi connectivity index (χ1v) is 9.45. The van der Waals surface area contributed by atoms with Crippen molar-refractivity contribution in [2.24, 2.45) is 5.73 Å². The third kappa shape index (κ3) is 4.02. The van der Waals surface area contributed by atoms with Crippen molar-refractivity contribution in [2.45, 2.75) is 31.0 Å². The van der Waals surface area contributed by atoms with E-state index in [1.165, 1.54) is 0 Å². The minimum absolute atomic E-state index is 0.0546. The molecule has 1 unspecified atom stereocenters. The molecule has 0 radical (unpaired) electrons. The molecule has 4 amide bonds. The Kier molecular flexibility index (Phi) is 5.04. The Morgan fingerprint density at radius 2 is 1.93 bits per heavy atom. The number of fused-ring (bicyclic) bond motifs is 2. The van der Waals surface area contributed by atoms with Crippen LogP contribution in [0.25, 0.3) is 0 Å². The molecule has 3 atom stereocenters. The van der Waals surface area contributed by atoms with Gasteiger partial charge in [-0.2, -0.15) is 13.5 Å². The van der Waals surface area contributed by atoms with Gasteiger partial charge in [0.25, 0.3) is 0 Å². The maximum Gasteiger partial charge on any atom is 0.418 e. The van der Waals surface area contributed by atoms with Crippen LogP contribution >= 0.6 is 0 Å². The third-order valence-corrected chi connectivity index (χ3v) is 4.85. The van der Waals surface area contributed by atoms with E-state index in [4.69, 9.17) is 10.3 Å². The van der Waals surface area contributed by atoms with Gasteiger partial charge in [0.2, 0.25) is 11.8 Å². The Bertz CT molecular complexity index is 860. The number of nitrogens with two attached hydrogens (primary N) is 1. The third-order valence-electron chi connectivity index (χ3n) is 4.50. The quantitative estimate of drug-likeness (QED) is 0.536. The number of piperidine rings is 1. The van der Waals surface area contributed by atoms with Crippen molar-refractivity contribution in [1.29, 1.82) is 0 Å². The highest BCUT2D eigenvalue weighted by atomic mass is 32.3. The summed E-state index contributed by atoms with van der Waals surface area (Å²) in [7, 11) is -4.87. The summed E-state index contributed by atoms with van der Waals surface area (Å²) in [4.78, 5) is 37.9. The zero-order valence-corrected chi connectivity index (χ0v) is 14.8. The summed E-state index contributed by atoms with van der Waals surface area (Å²) in [6.07, 6.45) is 0.510. The minimum atomic E-state index is -4.87. The summed E-state index contributed by atoms with van der Waals surface area (Å²) in [6, 6.07) is 4.94. The Morgan fingerprint density at radius 3 is 2.52 bits per heavy atom. The molecular weight excluding hydrogens is 380 g/mol. The lowest BCUT2D eigenvalue weighted by Gasteiger charge is -2.30. The molecular formula is C15H18N4O7S. The standard InChI is InChI=1S/C15H18N4O7S/c16-13(20)12(9-4-2-1-3-5-9)17-14(21)11-7-6-10-8-18(11)15(22)19(10)26-27(23,24)25/h1-5,10-12H,6-8H2,(H2,16,20)(H,17,21)(H,23,24,25)/t10-,11-,12?/m1/s1. The number of urea groups is 1. The number of hydrogen-bond acceptors (Lipinski definition) is 6. The molecule has 2 aliphatic rings. The van der Waals surface area contributed by atoms with Gasteiger partial charge in [-0.1, -0.05) is 30.3 Å². The van der Waals surface area contributed by atoms with E-state index in [1.807, 2.05) is 0 Å². The van der Waals surface area contributed by atoms with E-state index in [-0.39, 0.29) is 19.4 Å². The number of nitrogens with zero attached hydrogens (tertiary/aromatic N) is 2. The van der Waals surface area contributed by atoms with Crippen molar-refractivity contribution in [1.82, 2.24) is 15.3 Å². The van der Waals surface area contributed by atoms with E-state index in [0.717, 1.165) is 4.90 Å². The van der Waals surface area contributed by atoms with Crippen molar-refractivity contribution in [3.63, 3.8) is 0 Å². The van der Waals surface area contributed by atoms with Gasteiger partial charge < -0.3 is 16.0 Å². The van der Waals surface area contributed by atoms with Gasteiger partial charge >= 0.3 is 16.4 Å². The average molecular weight is 398 g/mol. The fourth-order valence-electron chi connectivity index (χ4n) is 3.31. The Balaban J connectivity index is 1.74. The van der Waals surface area contributed by atoms with Gasteiger partial charge in [0.05, 0.1) is 6.04 Å². The second-order valence-corrected chi connectivity index (χ2v) is 7.27. The maximum absolute atomic E-state index is 12.7. The molecule has 2 heterocycles. The van der Waals surface area contributed by atoms with E-state index in [1.54, 1.807) is 30.3 Å². The van der Waals surface area contributed by atoms with E-state index in [0.29, 0.717) is 10.6 Å². The van der Waals surface area contributed by atoms with Crippen LogP contribution in [0, 0.1) is 0 Å². The zero-order chi connectivity index (χ0) is 19.8. The molecule has 27 heavy (non-hydrogen) atoms. The molecule has 0 aliphatic carbocycles. The summed E-state index contributed by atoms with van der Waals surface area (Å²) < 4.78 is 34.9. The summed E-state index contributed by atoms with van der Waals surface area (Å²) in [5.41, 5.74) is 5.88. The molecule has 0 aromatic heterocycles. The van der Waals surface area contributed by atoms with Gasteiger partial charge in [0, 0.05) is 6.54 Å². The average Bonchev–Trinajstić information content (AvgIpc) is 2.83. The Hall–Kier alpha value is -2.70. The van der Waals surface area contributed by atoms with Gasteiger partial charge in [0.1, 0.15) is 12.1 Å². The summed E-state index contributed by atoms with van der Waals surface area (Å²) >= 11 is 0. The summed E-state index contributed by atoms with van der Waals surface area (Å²) in [5, 5.41) is 3.08. The fourth-order valence-corrected chi connectivity index (χ4v) is 3.70. The van der Waals surface area contributed by atoms with Crippen LogP contribution in [0.15, 0.2) is 30.3 Å². The van der Waals surface area contributed by atoms with E-state index in [9.17, 15) is 22.8 Å². The first-order chi connectivity index (χ1) is 12.7. The lowest BCUT2D eigenvalue weighted by atomic mass is 9.99. The number of carbonyl (C=O) groups excluding carboxylic acids is 3. The number of benzene rings is 1. The van der Waals surface area contributed by atoms with Crippen LogP contribution in [0.5, 0.6) is 0 Å². The molecule has 0 spiro atoms. The monoisotopic (exact) mass is 398 g/mol. The lowest BCUT2D eigenvalue weighted by Crippen LogP contribution is -2.51. The van der Waals surface area contributed by atoms with Crippen molar-refractivity contribution in [2.75, 3.05) is 6.54 Å². The first-order valence-electron chi connectivity index (χ1n) is 8.09. The highest BCUT2D eigenvalue weighted by molar-refractivity contribution is 7.80. The highest BCUT2D eigenvalue weighted by Crippen LogP contribution is 2.31. The topological polar surface area (TPSA) is 159 Å². The molecule has 2 saturated heterocycles. The van der Waals surface area contributed by atoms with Crippen molar-refractivity contribution >= 4 is 28.2 Å². The number of nitrogens with one attached hydrogen (secondary N) is 1. The smallest absolute Gasteiger partial charge is 0.368 e. The normalized spacial score (nSPS) is 23.2. The van der Waals surface area contributed by atoms with Crippen molar-refractivity contribution in [3.8, 4) is 0 Å². The van der Waals surface area contributed by atoms with E-state index >= 15 is 0 Å². The van der Waals surface area contributed by atoms with Crippen molar-refractivity contribution in [3.05, 3.63) is 35.9 Å². The Morgan fingerprint density at radius 1 is 1.26 bits per heavy atom. The van der Waals surface area contributed by atoms with Gasteiger partial charge in [-0.05, 0) is 18.4 Å². The van der Waals surface area contributed by atoms with Crippen LogP contribution in [0.4, 0.5) is 4.79 Å². The van der Waals surface area contributed by atoms with Crippen LogP contribution in [-0.2, 0) is 24.3 Å². The molecule has 3 rings (SSSR count). The minimum Gasteiger partial charge on any atom is -0.368 e. The Labute approximate surface area is 155 Å². The number of carbonyl (C=O) groups is 3. The maximum atomic E-state index is 12.7. The van der Waals surface area contributed by atoms with Gasteiger partial charge in [-0.15, -0.1) is 4.28 Å². The molecule has 1 aromatic carbocycles. The largest absolute Gasteiger partial charge is 0.418 e. The molecule has 12 heteroatoms. The number of rotatable bonds is 6. The number of hydroxylamine groups is 2. The van der Waals surface area contributed by atoms with Crippen LogP contribution < -0.4 is 11.1 Å². The second-order valence-electron chi connectivity index (χ2n) is 6.26. The van der Waals surface area contributed by atoms with E-state index < -0.39 is 46.4 Å². The van der Waals surface area contributed by atoms with Crippen LogP contribution in [0.2, 0.25) is 0 Å². The van der Waals surface area contributed by atoms with Crippen LogP contribution in [0.1, 0.15) is 24.4 Å². The molecule has 0 saturated carbocycles. The predicted molar refractivity (Wildman–Crippen MR) is 89.9 cm³/mol. The molecule has 2 fully saturated rings.